The Morgan fingerprint density at radius 1 is 1.32 bits per heavy atom. The van der Waals surface area contributed by atoms with Gasteiger partial charge in [-0.25, -0.2) is 9.59 Å². The second-order valence-corrected chi connectivity index (χ2v) is 5.82. The van der Waals surface area contributed by atoms with Crippen molar-refractivity contribution in [3.63, 3.8) is 0 Å². The third-order valence-corrected chi connectivity index (χ3v) is 3.91. The van der Waals surface area contributed by atoms with E-state index >= 15 is 0 Å². The maximum absolute atomic E-state index is 11.8. The average Bonchev–Trinajstić information content (AvgIpc) is 2.35. The molecule has 0 bridgehead atoms. The van der Waals surface area contributed by atoms with Crippen LogP contribution < -0.4 is 10.6 Å². The summed E-state index contributed by atoms with van der Waals surface area (Å²) in [6.07, 6.45) is 5.51. The molecule has 0 radical (unpaired) electrons. The Labute approximate surface area is 115 Å². The number of amides is 2. The maximum Gasteiger partial charge on any atom is 0.326 e. The lowest BCUT2D eigenvalue weighted by atomic mass is 9.84. The topological polar surface area (TPSA) is 78.4 Å². The molecule has 0 heterocycles. The van der Waals surface area contributed by atoms with Crippen molar-refractivity contribution in [1.82, 2.24) is 10.6 Å². The Morgan fingerprint density at radius 3 is 2.53 bits per heavy atom. The van der Waals surface area contributed by atoms with Crippen molar-refractivity contribution in [2.45, 2.75) is 65.0 Å². The molecule has 1 rings (SSSR count). The molecule has 110 valence electrons. The summed E-state index contributed by atoms with van der Waals surface area (Å²) in [5.74, 6) is -0.433. The minimum Gasteiger partial charge on any atom is -0.480 e. The van der Waals surface area contributed by atoms with Gasteiger partial charge in [-0.2, -0.15) is 0 Å². The van der Waals surface area contributed by atoms with E-state index in [1.54, 1.807) is 13.8 Å². The summed E-state index contributed by atoms with van der Waals surface area (Å²) < 4.78 is 0. The molecule has 0 aromatic heterocycles. The van der Waals surface area contributed by atoms with E-state index in [2.05, 4.69) is 17.6 Å². The molecule has 0 aromatic rings. The van der Waals surface area contributed by atoms with Crippen molar-refractivity contribution < 1.29 is 14.7 Å². The van der Waals surface area contributed by atoms with E-state index in [1.165, 1.54) is 6.42 Å². The second kappa shape index (κ2) is 7.36. The Kier molecular flexibility index (Phi) is 6.12. The fourth-order valence-corrected chi connectivity index (χ4v) is 2.67. The normalized spacial score (nSPS) is 24.8. The summed E-state index contributed by atoms with van der Waals surface area (Å²) in [5.41, 5.74) is 0. The fourth-order valence-electron chi connectivity index (χ4n) is 2.67. The van der Waals surface area contributed by atoms with Crippen LogP contribution in [0, 0.1) is 11.8 Å². The SMILES string of the molecule is CCC1CCCC(NC(=O)NC(C(=O)O)C(C)C)C1. The molecule has 3 unspecified atom stereocenters. The highest BCUT2D eigenvalue weighted by molar-refractivity contribution is 5.82. The number of carboxylic acid groups (broad SMARTS) is 1. The van der Waals surface area contributed by atoms with Crippen LogP contribution in [0.1, 0.15) is 52.9 Å². The first kappa shape index (κ1) is 15.8. The van der Waals surface area contributed by atoms with Crippen LogP contribution in [0.2, 0.25) is 0 Å². The van der Waals surface area contributed by atoms with Gasteiger partial charge >= 0.3 is 12.0 Å². The Balaban J connectivity index is 2.43. The highest BCUT2D eigenvalue weighted by Gasteiger charge is 2.26. The van der Waals surface area contributed by atoms with Crippen molar-refractivity contribution in [3.8, 4) is 0 Å². The highest BCUT2D eigenvalue weighted by Crippen LogP contribution is 2.26. The molecule has 5 nitrogen and oxygen atoms in total. The second-order valence-electron chi connectivity index (χ2n) is 5.82. The third-order valence-electron chi connectivity index (χ3n) is 3.91. The van der Waals surface area contributed by atoms with Gasteiger partial charge in [-0.15, -0.1) is 0 Å². The van der Waals surface area contributed by atoms with Gasteiger partial charge in [0.15, 0.2) is 0 Å². The number of hydrogen-bond donors (Lipinski definition) is 3. The standard InChI is InChI=1S/C14H26N2O3/c1-4-10-6-5-7-11(8-10)15-14(19)16-12(9(2)3)13(17)18/h9-12H,4-8H2,1-3H3,(H,17,18)(H2,15,16,19). The molecule has 0 saturated heterocycles. The first-order chi connectivity index (χ1) is 8.93. The maximum atomic E-state index is 11.8. The summed E-state index contributed by atoms with van der Waals surface area (Å²) in [4.78, 5) is 22.9. The molecule has 3 N–H and O–H groups in total. The molecule has 1 saturated carbocycles. The molecule has 1 aliphatic carbocycles. The number of hydrogen-bond acceptors (Lipinski definition) is 2. The molecule has 0 aliphatic heterocycles. The number of carbonyl (C=O) groups is 2. The van der Waals surface area contributed by atoms with E-state index in [0.717, 1.165) is 25.7 Å². The van der Waals surface area contributed by atoms with Crippen molar-refractivity contribution >= 4 is 12.0 Å². The van der Waals surface area contributed by atoms with Crippen LogP contribution in [-0.4, -0.2) is 29.2 Å². The van der Waals surface area contributed by atoms with E-state index in [4.69, 9.17) is 5.11 Å². The number of urea groups is 1. The Hall–Kier alpha value is -1.26. The zero-order valence-electron chi connectivity index (χ0n) is 12.1. The number of rotatable bonds is 5. The predicted octanol–water partition coefficient (Wildman–Crippen LogP) is 2.36. The lowest BCUT2D eigenvalue weighted by Gasteiger charge is -2.29. The molecular formula is C14H26N2O3. The summed E-state index contributed by atoms with van der Waals surface area (Å²) in [6.45, 7) is 5.74. The monoisotopic (exact) mass is 270 g/mol. The van der Waals surface area contributed by atoms with Crippen molar-refractivity contribution in [1.29, 1.82) is 0 Å². The molecule has 5 heteroatoms. The predicted molar refractivity (Wildman–Crippen MR) is 74.0 cm³/mol. The zero-order valence-corrected chi connectivity index (χ0v) is 12.1. The van der Waals surface area contributed by atoms with E-state index in [-0.39, 0.29) is 18.0 Å². The van der Waals surface area contributed by atoms with E-state index in [1.807, 2.05) is 0 Å². The first-order valence-electron chi connectivity index (χ1n) is 7.23. The first-order valence-corrected chi connectivity index (χ1v) is 7.23. The van der Waals surface area contributed by atoms with Gasteiger partial charge < -0.3 is 15.7 Å². The van der Waals surface area contributed by atoms with Gasteiger partial charge in [0.1, 0.15) is 6.04 Å². The van der Waals surface area contributed by atoms with Gasteiger partial charge in [-0.3, -0.25) is 0 Å². The minimum atomic E-state index is -0.986. The molecular weight excluding hydrogens is 244 g/mol. The van der Waals surface area contributed by atoms with Crippen LogP contribution in [0.3, 0.4) is 0 Å². The molecule has 19 heavy (non-hydrogen) atoms. The van der Waals surface area contributed by atoms with Gasteiger partial charge in [0, 0.05) is 6.04 Å². The van der Waals surface area contributed by atoms with Crippen molar-refractivity contribution in [2.75, 3.05) is 0 Å². The van der Waals surface area contributed by atoms with Gasteiger partial charge in [0.2, 0.25) is 0 Å². The smallest absolute Gasteiger partial charge is 0.326 e. The van der Waals surface area contributed by atoms with Crippen molar-refractivity contribution in [2.24, 2.45) is 11.8 Å². The summed E-state index contributed by atoms with van der Waals surface area (Å²) in [7, 11) is 0. The van der Waals surface area contributed by atoms with Gasteiger partial charge in [0.05, 0.1) is 0 Å². The minimum absolute atomic E-state index is 0.127. The van der Waals surface area contributed by atoms with Crippen LogP contribution in [0.4, 0.5) is 4.79 Å². The van der Waals surface area contributed by atoms with E-state index in [0.29, 0.717) is 5.92 Å². The largest absolute Gasteiger partial charge is 0.480 e. The number of carbonyl (C=O) groups excluding carboxylic acids is 1. The quantitative estimate of drug-likeness (QED) is 0.717. The molecule has 2 amide bonds. The van der Waals surface area contributed by atoms with Gasteiger partial charge in [-0.05, 0) is 24.7 Å². The van der Waals surface area contributed by atoms with Crippen LogP contribution in [0.15, 0.2) is 0 Å². The zero-order chi connectivity index (χ0) is 14.4. The molecule has 0 aromatic carbocycles. The Morgan fingerprint density at radius 2 is 2.00 bits per heavy atom. The van der Waals surface area contributed by atoms with Crippen LogP contribution >= 0.6 is 0 Å². The number of aliphatic carboxylic acids is 1. The van der Waals surface area contributed by atoms with Crippen molar-refractivity contribution in [3.05, 3.63) is 0 Å². The number of carboxylic acids is 1. The molecule has 1 fully saturated rings. The Bertz CT molecular complexity index is 318. The van der Waals surface area contributed by atoms with Gasteiger partial charge in [-0.1, -0.05) is 40.0 Å². The summed E-state index contributed by atoms with van der Waals surface area (Å²) >= 11 is 0. The van der Waals surface area contributed by atoms with Crippen LogP contribution in [0.5, 0.6) is 0 Å². The van der Waals surface area contributed by atoms with Crippen LogP contribution in [0.25, 0.3) is 0 Å². The average molecular weight is 270 g/mol. The fraction of sp³-hybridized carbons (Fsp3) is 0.857. The lowest BCUT2D eigenvalue weighted by molar-refractivity contribution is -0.140. The lowest BCUT2D eigenvalue weighted by Crippen LogP contribution is -2.51. The molecule has 3 atom stereocenters. The molecule has 1 aliphatic rings. The summed E-state index contributed by atoms with van der Waals surface area (Å²) in [6, 6.07) is -1.01. The third kappa shape index (κ3) is 5.09. The van der Waals surface area contributed by atoms with E-state index in [9.17, 15) is 9.59 Å². The van der Waals surface area contributed by atoms with E-state index < -0.39 is 12.0 Å². The molecule has 0 spiro atoms. The van der Waals surface area contributed by atoms with Gasteiger partial charge in [0.25, 0.3) is 0 Å². The summed E-state index contributed by atoms with van der Waals surface area (Å²) in [5, 5.41) is 14.5. The number of nitrogens with one attached hydrogen (secondary N) is 2. The van der Waals surface area contributed by atoms with Crippen LogP contribution in [-0.2, 0) is 4.79 Å². The highest BCUT2D eigenvalue weighted by atomic mass is 16.4.